The number of unbranched alkanes of at least 4 members (excludes halogenated alkanes) is 6. The summed E-state index contributed by atoms with van der Waals surface area (Å²) in [6.45, 7) is 10.4. The molecule has 4 nitrogen and oxygen atoms in total. The zero-order valence-corrected chi connectivity index (χ0v) is 18.1. The third-order valence-corrected chi connectivity index (χ3v) is 6.37. The van der Waals surface area contributed by atoms with E-state index in [-0.39, 0.29) is 5.78 Å². The Morgan fingerprint density at radius 2 is 1.44 bits per heavy atom. The van der Waals surface area contributed by atoms with Gasteiger partial charge in [-0.2, -0.15) is 0 Å². The van der Waals surface area contributed by atoms with Crippen LogP contribution in [0.2, 0.25) is 0 Å². The van der Waals surface area contributed by atoms with Gasteiger partial charge in [0.1, 0.15) is 0 Å². The standard InChI is InChI=1S/C22H35O4P/c1-5-7-9-13-17-25-27(24,26-18-14-10-8-6-2)21-16-12-11-15-20(21)22(23)19(3)4/h11-12,15-16H,3,5-10,13-14,17-18H2,1-2,4H3. The van der Waals surface area contributed by atoms with Crippen molar-refractivity contribution in [2.75, 3.05) is 13.2 Å². The van der Waals surface area contributed by atoms with E-state index in [1.54, 1.807) is 31.2 Å². The van der Waals surface area contributed by atoms with Gasteiger partial charge in [0.25, 0.3) is 0 Å². The number of Topliss-reactive ketones (excluding diaryl/α,β-unsaturated/α-hetero) is 1. The van der Waals surface area contributed by atoms with Crippen molar-refractivity contribution >= 4 is 18.7 Å². The van der Waals surface area contributed by atoms with Crippen molar-refractivity contribution in [1.29, 1.82) is 0 Å². The van der Waals surface area contributed by atoms with Crippen molar-refractivity contribution in [3.05, 3.63) is 42.0 Å². The molecule has 0 unspecified atom stereocenters. The van der Waals surface area contributed by atoms with Gasteiger partial charge in [0.2, 0.25) is 0 Å². The lowest BCUT2D eigenvalue weighted by molar-refractivity contribution is 0.103. The molecule has 0 saturated carbocycles. The molecule has 1 rings (SSSR count). The van der Waals surface area contributed by atoms with Gasteiger partial charge in [-0.05, 0) is 31.4 Å². The fraction of sp³-hybridized carbons (Fsp3) is 0.591. The molecule has 0 amide bonds. The largest absolute Gasteiger partial charge is 0.362 e. The predicted molar refractivity (Wildman–Crippen MR) is 113 cm³/mol. The molecule has 0 atom stereocenters. The molecule has 152 valence electrons. The first-order chi connectivity index (χ1) is 13.0. The summed E-state index contributed by atoms with van der Waals surface area (Å²) in [5.41, 5.74) is 0.760. The van der Waals surface area contributed by atoms with Crippen LogP contribution in [0.1, 0.15) is 82.5 Å². The number of carbonyl (C=O) groups excluding carboxylic acids is 1. The first-order valence-corrected chi connectivity index (χ1v) is 11.7. The zero-order valence-electron chi connectivity index (χ0n) is 17.2. The Bertz CT molecular complexity index is 621. The van der Waals surface area contributed by atoms with Crippen LogP contribution in [-0.2, 0) is 13.6 Å². The van der Waals surface area contributed by atoms with Crippen LogP contribution in [-0.4, -0.2) is 19.0 Å². The summed E-state index contributed by atoms with van der Waals surface area (Å²) < 4.78 is 25.2. The van der Waals surface area contributed by atoms with Gasteiger partial charge in [-0.1, -0.05) is 77.2 Å². The number of ketones is 1. The highest BCUT2D eigenvalue weighted by molar-refractivity contribution is 7.62. The van der Waals surface area contributed by atoms with Gasteiger partial charge in [-0.25, -0.2) is 0 Å². The average Bonchev–Trinajstić information content (AvgIpc) is 2.67. The number of hydrogen-bond acceptors (Lipinski definition) is 4. The molecular formula is C22H35O4P. The van der Waals surface area contributed by atoms with Gasteiger partial charge >= 0.3 is 7.60 Å². The average molecular weight is 394 g/mol. The van der Waals surface area contributed by atoms with Gasteiger partial charge in [0.15, 0.2) is 5.78 Å². The topological polar surface area (TPSA) is 52.6 Å². The maximum absolute atomic E-state index is 13.6. The predicted octanol–water partition coefficient (Wildman–Crippen LogP) is 6.46. The van der Waals surface area contributed by atoms with Crippen LogP contribution in [0.4, 0.5) is 0 Å². The van der Waals surface area contributed by atoms with Crippen molar-refractivity contribution in [2.24, 2.45) is 0 Å². The monoisotopic (exact) mass is 394 g/mol. The van der Waals surface area contributed by atoms with E-state index in [0.717, 1.165) is 51.4 Å². The molecule has 1 aromatic carbocycles. The highest BCUT2D eigenvalue weighted by Gasteiger charge is 2.32. The molecule has 0 spiro atoms. The third-order valence-electron chi connectivity index (χ3n) is 4.35. The summed E-state index contributed by atoms with van der Waals surface area (Å²) in [6, 6.07) is 6.86. The highest BCUT2D eigenvalue weighted by atomic mass is 31.2. The summed E-state index contributed by atoms with van der Waals surface area (Å²) in [6.07, 6.45) is 8.20. The number of rotatable bonds is 15. The number of benzene rings is 1. The summed E-state index contributed by atoms with van der Waals surface area (Å²) in [4.78, 5) is 12.5. The van der Waals surface area contributed by atoms with Crippen molar-refractivity contribution in [3.63, 3.8) is 0 Å². The van der Waals surface area contributed by atoms with Gasteiger partial charge in [0.05, 0.1) is 18.5 Å². The second kappa shape index (κ2) is 13.0. The first-order valence-electron chi connectivity index (χ1n) is 10.1. The van der Waals surface area contributed by atoms with Crippen molar-refractivity contribution in [3.8, 4) is 0 Å². The Labute approximate surface area is 164 Å². The first kappa shape index (κ1) is 23.8. The Balaban J connectivity index is 2.97. The Kier molecular flexibility index (Phi) is 11.5. The lowest BCUT2D eigenvalue weighted by Gasteiger charge is -2.21. The van der Waals surface area contributed by atoms with Crippen LogP contribution in [0.25, 0.3) is 0 Å². The SMILES string of the molecule is C=C(C)C(=O)c1ccccc1P(=O)(OCCCCCC)OCCCCCC. The summed E-state index contributed by atoms with van der Waals surface area (Å²) in [5, 5.41) is 0.351. The van der Waals surface area contributed by atoms with Crippen LogP contribution in [0.15, 0.2) is 36.4 Å². The molecule has 0 aromatic heterocycles. The lowest BCUT2D eigenvalue weighted by atomic mass is 10.1. The fourth-order valence-corrected chi connectivity index (χ4v) is 4.57. The van der Waals surface area contributed by atoms with Crippen LogP contribution in [0, 0.1) is 0 Å². The van der Waals surface area contributed by atoms with Crippen LogP contribution >= 0.6 is 7.60 Å². The maximum Gasteiger partial charge on any atom is 0.362 e. The minimum absolute atomic E-state index is 0.227. The van der Waals surface area contributed by atoms with Crippen molar-refractivity contribution in [1.82, 2.24) is 0 Å². The van der Waals surface area contributed by atoms with Crippen molar-refractivity contribution in [2.45, 2.75) is 72.1 Å². The summed E-state index contributed by atoms with van der Waals surface area (Å²) in [7, 11) is -3.56. The minimum atomic E-state index is -3.56. The van der Waals surface area contributed by atoms with E-state index in [1.165, 1.54) is 0 Å². The van der Waals surface area contributed by atoms with Gasteiger partial charge < -0.3 is 9.05 Å². The second-order valence-corrected chi connectivity index (χ2v) is 8.90. The molecule has 0 radical (unpaired) electrons. The Morgan fingerprint density at radius 3 is 1.93 bits per heavy atom. The lowest BCUT2D eigenvalue weighted by Crippen LogP contribution is -2.20. The molecule has 0 aliphatic heterocycles. The minimum Gasteiger partial charge on any atom is -0.305 e. The van der Waals surface area contributed by atoms with E-state index in [2.05, 4.69) is 20.4 Å². The maximum atomic E-state index is 13.6. The van der Waals surface area contributed by atoms with E-state index in [1.807, 2.05) is 0 Å². The quantitative estimate of drug-likeness (QED) is 0.148. The molecule has 27 heavy (non-hydrogen) atoms. The van der Waals surface area contributed by atoms with E-state index in [9.17, 15) is 9.36 Å². The molecule has 0 saturated heterocycles. The molecule has 0 aliphatic rings. The van der Waals surface area contributed by atoms with Crippen LogP contribution in [0.3, 0.4) is 0 Å². The third kappa shape index (κ3) is 8.13. The number of hydrogen-bond donors (Lipinski definition) is 0. The van der Waals surface area contributed by atoms with Crippen molar-refractivity contribution < 1.29 is 18.4 Å². The molecule has 0 N–H and O–H groups in total. The van der Waals surface area contributed by atoms with E-state index in [4.69, 9.17) is 9.05 Å². The van der Waals surface area contributed by atoms with Crippen LogP contribution < -0.4 is 5.30 Å². The Morgan fingerprint density at radius 1 is 0.926 bits per heavy atom. The highest BCUT2D eigenvalue weighted by Crippen LogP contribution is 2.48. The molecule has 1 aromatic rings. The second-order valence-electron chi connectivity index (χ2n) is 6.91. The number of allylic oxidation sites excluding steroid dienone is 1. The molecule has 0 fully saturated rings. The normalized spacial score (nSPS) is 11.5. The molecule has 0 bridgehead atoms. The smallest absolute Gasteiger partial charge is 0.305 e. The molecule has 0 heterocycles. The molecule has 0 aliphatic carbocycles. The van der Waals surface area contributed by atoms with E-state index >= 15 is 0 Å². The summed E-state index contributed by atoms with van der Waals surface area (Å²) in [5.74, 6) is -0.227. The van der Waals surface area contributed by atoms with Gasteiger partial charge in [-0.15, -0.1) is 0 Å². The fourth-order valence-electron chi connectivity index (χ4n) is 2.74. The molecule has 5 heteroatoms. The van der Waals surface area contributed by atoms with Crippen LogP contribution in [0.5, 0.6) is 0 Å². The van der Waals surface area contributed by atoms with Gasteiger partial charge in [-0.3, -0.25) is 9.36 Å². The van der Waals surface area contributed by atoms with Gasteiger partial charge in [0, 0.05) is 5.56 Å². The zero-order chi connectivity index (χ0) is 20.1. The van der Waals surface area contributed by atoms with E-state index in [0.29, 0.717) is 29.7 Å². The molecular weight excluding hydrogens is 359 g/mol. The summed E-state index contributed by atoms with van der Waals surface area (Å²) >= 11 is 0. The Hall–Kier alpha value is -1.22. The van der Waals surface area contributed by atoms with E-state index < -0.39 is 7.60 Å². The number of carbonyl (C=O) groups is 1.